The zero-order valence-electron chi connectivity index (χ0n) is 16.5. The molecule has 26 heavy (non-hydrogen) atoms. The minimum atomic E-state index is -0.228. The van der Waals surface area contributed by atoms with E-state index in [0.29, 0.717) is 6.61 Å². The molecule has 0 fully saturated rings. The highest BCUT2D eigenvalue weighted by molar-refractivity contribution is 5.94. The third-order valence-corrected chi connectivity index (χ3v) is 4.95. The smallest absolute Gasteiger partial charge is 0.113 e. The molecule has 3 aromatic rings. The lowest BCUT2D eigenvalue weighted by Gasteiger charge is -2.28. The van der Waals surface area contributed by atoms with Crippen molar-refractivity contribution in [1.82, 2.24) is 15.0 Å². The Balaban J connectivity index is 1.62. The van der Waals surface area contributed by atoms with Gasteiger partial charge in [0, 0.05) is 7.11 Å². The van der Waals surface area contributed by atoms with Gasteiger partial charge in [0.2, 0.25) is 0 Å². The number of methoxy groups -OCH3 is 1. The molecule has 0 spiro atoms. The lowest BCUT2D eigenvalue weighted by molar-refractivity contribution is -0.0631. The number of aromatic nitrogens is 3. The van der Waals surface area contributed by atoms with Crippen molar-refractivity contribution < 1.29 is 9.47 Å². The summed E-state index contributed by atoms with van der Waals surface area (Å²) in [4.78, 5) is 1.79. The second kappa shape index (κ2) is 7.33. The van der Waals surface area contributed by atoms with Gasteiger partial charge >= 0.3 is 0 Å². The van der Waals surface area contributed by atoms with Crippen LogP contribution in [0.3, 0.4) is 0 Å². The molecule has 140 valence electrons. The van der Waals surface area contributed by atoms with Gasteiger partial charge in [-0.2, -0.15) is 15.0 Å². The maximum absolute atomic E-state index is 6.08. The van der Waals surface area contributed by atoms with E-state index in [2.05, 4.69) is 62.2 Å². The Labute approximate surface area is 155 Å². The van der Waals surface area contributed by atoms with Crippen molar-refractivity contribution >= 4 is 21.8 Å². The van der Waals surface area contributed by atoms with Crippen LogP contribution < -0.4 is 0 Å². The summed E-state index contributed by atoms with van der Waals surface area (Å²) in [7, 11) is 1.74. The van der Waals surface area contributed by atoms with E-state index in [9.17, 15) is 0 Å². The summed E-state index contributed by atoms with van der Waals surface area (Å²) in [5.41, 5.74) is 1.49. The highest BCUT2D eigenvalue weighted by Gasteiger charge is 2.22. The van der Waals surface area contributed by atoms with Gasteiger partial charge in [-0.25, -0.2) is 0 Å². The Bertz CT molecular complexity index is 831. The fourth-order valence-electron chi connectivity index (χ4n) is 2.86. The van der Waals surface area contributed by atoms with Crippen LogP contribution in [0.4, 0.5) is 0 Å². The molecular formula is C21H29N3O2. The summed E-state index contributed by atoms with van der Waals surface area (Å²) >= 11 is 0. The molecule has 2 aromatic carbocycles. The van der Waals surface area contributed by atoms with Gasteiger partial charge < -0.3 is 9.47 Å². The molecule has 0 radical (unpaired) electrons. The first-order valence-corrected chi connectivity index (χ1v) is 9.21. The topological polar surface area (TPSA) is 49.2 Å². The molecule has 0 aliphatic heterocycles. The first kappa shape index (κ1) is 18.8. The first-order chi connectivity index (χ1) is 12.3. The van der Waals surface area contributed by atoms with Gasteiger partial charge in [-0.3, -0.25) is 0 Å². The van der Waals surface area contributed by atoms with E-state index in [4.69, 9.17) is 9.47 Å². The zero-order chi connectivity index (χ0) is 18.8. The van der Waals surface area contributed by atoms with Crippen molar-refractivity contribution in [2.24, 2.45) is 0 Å². The molecular weight excluding hydrogens is 326 g/mol. The molecule has 0 N–H and O–H groups in total. The molecule has 3 rings (SSSR count). The van der Waals surface area contributed by atoms with Crippen LogP contribution in [0.1, 0.15) is 40.5 Å². The van der Waals surface area contributed by atoms with Gasteiger partial charge in [0.1, 0.15) is 11.0 Å². The number of benzene rings is 2. The number of hydrogen-bond donors (Lipinski definition) is 0. The van der Waals surface area contributed by atoms with Crippen molar-refractivity contribution in [3.8, 4) is 0 Å². The number of rotatable bonds is 8. The van der Waals surface area contributed by atoms with Gasteiger partial charge in [-0.1, -0.05) is 24.3 Å². The van der Waals surface area contributed by atoms with Crippen molar-refractivity contribution in [2.75, 3.05) is 13.7 Å². The maximum atomic E-state index is 6.08. The third-order valence-electron chi connectivity index (χ3n) is 4.95. The minimum absolute atomic E-state index is 0.153. The van der Waals surface area contributed by atoms with Gasteiger partial charge in [0.15, 0.2) is 0 Å². The van der Waals surface area contributed by atoms with E-state index in [-0.39, 0.29) is 11.2 Å². The molecule has 5 nitrogen and oxygen atoms in total. The monoisotopic (exact) mass is 355 g/mol. The Morgan fingerprint density at radius 2 is 1.46 bits per heavy atom. The summed E-state index contributed by atoms with van der Waals surface area (Å²) < 4.78 is 11.5. The van der Waals surface area contributed by atoms with E-state index < -0.39 is 0 Å². The number of aryl methyl sites for hydroxylation is 1. The van der Waals surface area contributed by atoms with Crippen LogP contribution in [0.25, 0.3) is 21.8 Å². The maximum Gasteiger partial charge on any atom is 0.113 e. The predicted octanol–water partition coefficient (Wildman–Crippen LogP) is 4.58. The highest BCUT2D eigenvalue weighted by atomic mass is 16.5. The van der Waals surface area contributed by atoms with Crippen LogP contribution in [0, 0.1) is 0 Å². The first-order valence-electron chi connectivity index (χ1n) is 9.21. The van der Waals surface area contributed by atoms with Crippen LogP contribution in [-0.4, -0.2) is 39.9 Å². The zero-order valence-corrected chi connectivity index (χ0v) is 16.5. The number of nitrogens with zero attached hydrogens (tertiary/aromatic N) is 3. The molecule has 0 amide bonds. The van der Waals surface area contributed by atoms with Crippen LogP contribution in [0.15, 0.2) is 36.4 Å². The average Bonchev–Trinajstić information content (AvgIpc) is 2.99. The summed E-state index contributed by atoms with van der Waals surface area (Å²) in [6.45, 7) is 9.78. The summed E-state index contributed by atoms with van der Waals surface area (Å²) in [6, 6.07) is 12.5. The molecule has 0 saturated heterocycles. The van der Waals surface area contributed by atoms with Crippen molar-refractivity contribution in [2.45, 2.75) is 58.3 Å². The molecule has 0 aliphatic carbocycles. The fraction of sp³-hybridized carbons (Fsp3) is 0.524. The fourth-order valence-corrected chi connectivity index (χ4v) is 2.86. The summed E-state index contributed by atoms with van der Waals surface area (Å²) in [5, 5.41) is 11.6. The molecule has 0 aliphatic rings. The largest absolute Gasteiger partial charge is 0.379 e. The molecule has 0 atom stereocenters. The lowest BCUT2D eigenvalue weighted by atomic mass is 10.0. The SMILES string of the molecule is COC(C)(C)CCOC(C)(C)CCn1nc2cc3ccccc3cc2n1. The average molecular weight is 355 g/mol. The second-order valence-electron chi connectivity index (χ2n) is 8.06. The Morgan fingerprint density at radius 3 is 2.00 bits per heavy atom. The van der Waals surface area contributed by atoms with Crippen LogP contribution in [0.5, 0.6) is 0 Å². The predicted molar refractivity (Wildman–Crippen MR) is 105 cm³/mol. The molecule has 0 saturated carbocycles. The Kier molecular flexibility index (Phi) is 5.30. The van der Waals surface area contributed by atoms with Crippen molar-refractivity contribution in [3.05, 3.63) is 36.4 Å². The van der Waals surface area contributed by atoms with E-state index in [1.165, 1.54) is 10.8 Å². The third kappa shape index (κ3) is 4.59. The molecule has 1 aromatic heterocycles. The van der Waals surface area contributed by atoms with Crippen molar-refractivity contribution in [1.29, 1.82) is 0 Å². The lowest BCUT2D eigenvalue weighted by Crippen LogP contribution is -2.31. The number of hydrogen-bond acceptors (Lipinski definition) is 4. The molecule has 5 heteroatoms. The van der Waals surface area contributed by atoms with Crippen molar-refractivity contribution in [3.63, 3.8) is 0 Å². The summed E-state index contributed by atoms with van der Waals surface area (Å²) in [6.07, 6.45) is 1.71. The van der Waals surface area contributed by atoms with Gasteiger partial charge in [-0.15, -0.1) is 0 Å². The Hall–Kier alpha value is -1.98. The van der Waals surface area contributed by atoms with Crippen LogP contribution in [0.2, 0.25) is 0 Å². The normalized spacial score (nSPS) is 13.0. The van der Waals surface area contributed by atoms with E-state index in [1.54, 1.807) is 11.9 Å². The molecule has 0 unspecified atom stereocenters. The van der Waals surface area contributed by atoms with E-state index >= 15 is 0 Å². The number of fused-ring (bicyclic) bond motifs is 2. The summed E-state index contributed by atoms with van der Waals surface area (Å²) in [5.74, 6) is 0. The number of ether oxygens (including phenoxy) is 2. The quantitative estimate of drug-likeness (QED) is 0.593. The van der Waals surface area contributed by atoms with Gasteiger partial charge in [0.05, 0.1) is 24.4 Å². The minimum Gasteiger partial charge on any atom is -0.379 e. The second-order valence-corrected chi connectivity index (χ2v) is 8.06. The van der Waals surface area contributed by atoms with E-state index in [0.717, 1.165) is 30.4 Å². The van der Waals surface area contributed by atoms with Gasteiger partial charge in [-0.05, 0) is 63.4 Å². The van der Waals surface area contributed by atoms with Gasteiger partial charge in [0.25, 0.3) is 0 Å². The Morgan fingerprint density at radius 1 is 0.885 bits per heavy atom. The van der Waals surface area contributed by atoms with E-state index in [1.807, 2.05) is 12.1 Å². The molecule has 0 bridgehead atoms. The van der Waals surface area contributed by atoms with Crippen LogP contribution in [-0.2, 0) is 16.0 Å². The standard InChI is InChI=1S/C21H29N3O2/c1-20(2,25-5)11-13-26-21(3,4)10-12-24-22-18-14-16-8-6-7-9-17(16)15-19(18)23-24/h6-9,14-15H,10-13H2,1-5H3. The highest BCUT2D eigenvalue weighted by Crippen LogP contribution is 2.22. The molecule has 1 heterocycles. The van der Waals surface area contributed by atoms with Crippen LogP contribution >= 0.6 is 0 Å².